The fourth-order valence-corrected chi connectivity index (χ4v) is 6.83. The van der Waals surface area contributed by atoms with Gasteiger partial charge in [0.15, 0.2) is 23.1 Å². The summed E-state index contributed by atoms with van der Waals surface area (Å²) in [6, 6.07) is 3.84. The first-order chi connectivity index (χ1) is 29.9. The molecule has 6 rings (SSSR count). The molecule has 2 aliphatic rings. The summed E-state index contributed by atoms with van der Waals surface area (Å²) in [7, 11) is 0. The maximum Gasteiger partial charge on any atom is 0.264 e. The molecule has 7 N–H and O–H groups in total. The second-order valence-electron chi connectivity index (χ2n) is 14.9. The van der Waals surface area contributed by atoms with E-state index in [1.807, 2.05) is 11.5 Å². The summed E-state index contributed by atoms with van der Waals surface area (Å²) in [5.41, 5.74) is 7.35. The molecule has 5 heterocycles. The van der Waals surface area contributed by atoms with Crippen LogP contribution in [0.25, 0.3) is 22.6 Å². The number of nitrogens with zero attached hydrogens (tertiary/aromatic N) is 6. The van der Waals surface area contributed by atoms with Gasteiger partial charge in [-0.2, -0.15) is 0 Å². The van der Waals surface area contributed by atoms with Crippen LogP contribution in [0.5, 0.6) is 5.75 Å². The van der Waals surface area contributed by atoms with Gasteiger partial charge in [-0.3, -0.25) is 34.2 Å². The Bertz CT molecular complexity index is 2340. The van der Waals surface area contributed by atoms with Crippen LogP contribution in [0.4, 0.5) is 11.5 Å². The second-order valence-corrected chi connectivity index (χ2v) is 14.9. The molecule has 330 valence electrons. The Morgan fingerprint density at radius 2 is 1.81 bits per heavy atom. The van der Waals surface area contributed by atoms with Crippen molar-refractivity contribution in [2.75, 3.05) is 70.3 Å². The average Bonchev–Trinajstić information content (AvgIpc) is 3.92. The number of piperidine rings is 1. The van der Waals surface area contributed by atoms with Gasteiger partial charge in [0.25, 0.3) is 11.8 Å². The molecule has 62 heavy (non-hydrogen) atoms. The molecule has 5 amide bonds. The summed E-state index contributed by atoms with van der Waals surface area (Å²) in [4.78, 5) is 72.5. The van der Waals surface area contributed by atoms with Crippen molar-refractivity contribution in [3.05, 3.63) is 41.2 Å². The van der Waals surface area contributed by atoms with E-state index in [1.165, 1.54) is 6.07 Å². The highest BCUT2D eigenvalue weighted by Crippen LogP contribution is 2.34. The van der Waals surface area contributed by atoms with Crippen molar-refractivity contribution in [3.8, 4) is 29.1 Å². The SMILES string of the molecule is CCn1c(-c2nonc2N)nc2c(C#CC(C)(C)O)ncc(OCCCNCCCC(=O)NCCOCCOCCNc3cccc4c3C(=O)N(C3CCC(=O)NC3=O)C4=O)c21. The Balaban J connectivity index is 0.814. The molecule has 1 aromatic carbocycles. The van der Waals surface area contributed by atoms with Crippen molar-refractivity contribution in [3.63, 3.8) is 0 Å². The van der Waals surface area contributed by atoms with E-state index in [4.69, 9.17) is 29.6 Å². The Morgan fingerprint density at radius 1 is 1.03 bits per heavy atom. The van der Waals surface area contributed by atoms with Gasteiger partial charge in [-0.15, -0.1) is 0 Å². The number of benzene rings is 1. The third-order valence-electron chi connectivity index (χ3n) is 9.75. The maximum absolute atomic E-state index is 13.2. The number of carbonyl (C=O) groups is 5. The lowest BCUT2D eigenvalue weighted by Crippen LogP contribution is -2.54. The minimum atomic E-state index is -1.23. The van der Waals surface area contributed by atoms with Gasteiger partial charge < -0.3 is 45.6 Å². The number of carbonyl (C=O) groups excluding carboxylic acids is 5. The molecule has 0 radical (unpaired) electrons. The van der Waals surface area contributed by atoms with Gasteiger partial charge in [0.05, 0.1) is 50.4 Å². The number of ether oxygens (including phenoxy) is 3. The topological polar surface area (TPSA) is 280 Å². The number of nitrogen functional groups attached to an aromatic ring is 1. The molecule has 0 aliphatic carbocycles. The number of aryl methyl sites for hydroxylation is 1. The minimum absolute atomic E-state index is 0.0489. The Morgan fingerprint density at radius 3 is 2.53 bits per heavy atom. The summed E-state index contributed by atoms with van der Waals surface area (Å²) >= 11 is 0. The molecule has 4 aromatic rings. The summed E-state index contributed by atoms with van der Waals surface area (Å²) in [5.74, 6) is 4.41. The van der Waals surface area contributed by atoms with E-state index in [1.54, 1.807) is 32.2 Å². The zero-order valence-electron chi connectivity index (χ0n) is 34.9. The number of fused-ring (bicyclic) bond motifs is 2. The Labute approximate surface area is 356 Å². The van der Waals surface area contributed by atoms with E-state index in [0.717, 1.165) is 4.90 Å². The first-order valence-electron chi connectivity index (χ1n) is 20.4. The number of aliphatic hydroxyl groups is 1. The maximum atomic E-state index is 13.2. The third kappa shape index (κ3) is 11.1. The lowest BCUT2D eigenvalue weighted by Gasteiger charge is -2.27. The first-order valence-corrected chi connectivity index (χ1v) is 20.4. The molecule has 3 aromatic heterocycles. The monoisotopic (exact) mass is 857 g/mol. The van der Waals surface area contributed by atoms with Crippen LogP contribution in [-0.2, 0) is 30.4 Å². The number of imide groups is 2. The van der Waals surface area contributed by atoms with Gasteiger partial charge in [0.2, 0.25) is 17.7 Å². The number of amides is 5. The van der Waals surface area contributed by atoms with Crippen molar-refractivity contribution < 1.29 is 47.9 Å². The predicted octanol–water partition coefficient (Wildman–Crippen LogP) is 1.01. The lowest BCUT2D eigenvalue weighted by molar-refractivity contribution is -0.136. The van der Waals surface area contributed by atoms with Crippen LogP contribution in [0.15, 0.2) is 29.0 Å². The van der Waals surface area contributed by atoms with Crippen LogP contribution in [0.1, 0.15) is 79.3 Å². The number of nitrogens with one attached hydrogen (secondary N) is 4. The molecule has 1 unspecified atom stereocenters. The summed E-state index contributed by atoms with van der Waals surface area (Å²) < 4.78 is 24.0. The lowest BCUT2D eigenvalue weighted by atomic mass is 10.0. The average molecular weight is 858 g/mol. The molecule has 0 spiro atoms. The predicted molar refractivity (Wildman–Crippen MR) is 223 cm³/mol. The highest BCUT2D eigenvalue weighted by atomic mass is 16.6. The highest BCUT2D eigenvalue weighted by Gasteiger charge is 2.45. The number of rotatable bonds is 22. The standard InChI is InChI=1S/C41H51N11O10/c1-4-51-35-29(24-46-27(13-14-41(2,3)58)33(35)48-37(51)34-36(42)50-62-49-34)61-19-7-16-43-15-6-10-30(53)45-18-21-60-23-22-59-20-17-44-26-9-5-8-25-32(26)40(57)52(39(25)56)28-11-12-31(54)47-38(28)55/h5,8-9,24,28,43-44,58H,4,6-7,10-12,15-23H2,1-3H3,(H2,42,50)(H,45,53)(H,47,54,55). The van der Waals surface area contributed by atoms with Crippen molar-refractivity contribution in [2.45, 2.75) is 71.1 Å². The van der Waals surface area contributed by atoms with Crippen LogP contribution < -0.4 is 31.7 Å². The van der Waals surface area contributed by atoms with E-state index in [2.05, 4.69) is 48.4 Å². The van der Waals surface area contributed by atoms with Gasteiger partial charge in [0, 0.05) is 38.2 Å². The smallest absolute Gasteiger partial charge is 0.264 e. The highest BCUT2D eigenvalue weighted by molar-refractivity contribution is 6.25. The number of nitrogens with two attached hydrogens (primary N) is 1. The third-order valence-corrected chi connectivity index (χ3v) is 9.75. The van der Waals surface area contributed by atoms with E-state index >= 15 is 0 Å². The number of aromatic nitrogens is 5. The summed E-state index contributed by atoms with van der Waals surface area (Å²) in [5, 5.41) is 29.2. The molecule has 21 heteroatoms. The van der Waals surface area contributed by atoms with Gasteiger partial charge >= 0.3 is 0 Å². The molecule has 0 saturated carbocycles. The number of hydrogen-bond donors (Lipinski definition) is 6. The van der Waals surface area contributed by atoms with E-state index in [0.29, 0.717) is 119 Å². The zero-order chi connectivity index (χ0) is 44.2. The normalized spacial score (nSPS) is 15.1. The molecule has 1 saturated heterocycles. The Kier molecular flexibility index (Phi) is 15.2. The van der Waals surface area contributed by atoms with Crippen molar-refractivity contribution in [1.82, 2.24) is 45.7 Å². The van der Waals surface area contributed by atoms with Gasteiger partial charge in [-0.05, 0) is 81.5 Å². The van der Waals surface area contributed by atoms with E-state index in [-0.39, 0.29) is 41.4 Å². The van der Waals surface area contributed by atoms with Gasteiger partial charge in [-0.25, -0.2) is 14.6 Å². The number of imidazole rings is 1. The molecular formula is C41H51N11O10. The Hall–Kier alpha value is -6.47. The van der Waals surface area contributed by atoms with Crippen molar-refractivity contribution in [2.24, 2.45) is 0 Å². The fourth-order valence-electron chi connectivity index (χ4n) is 6.83. The van der Waals surface area contributed by atoms with E-state index in [9.17, 15) is 29.1 Å². The summed E-state index contributed by atoms with van der Waals surface area (Å²) in [6.07, 6.45) is 3.42. The molecular weight excluding hydrogens is 807 g/mol. The molecule has 0 bridgehead atoms. The van der Waals surface area contributed by atoms with Crippen molar-refractivity contribution >= 4 is 52.1 Å². The quantitative estimate of drug-likeness (QED) is 0.0365. The van der Waals surface area contributed by atoms with Crippen LogP contribution >= 0.6 is 0 Å². The zero-order valence-corrected chi connectivity index (χ0v) is 34.9. The fraction of sp³-hybridized carbons (Fsp3) is 0.488. The number of hydrogen-bond acceptors (Lipinski definition) is 17. The van der Waals surface area contributed by atoms with Crippen LogP contribution in [0.3, 0.4) is 0 Å². The molecule has 2 aliphatic heterocycles. The van der Waals surface area contributed by atoms with Crippen LogP contribution in [0.2, 0.25) is 0 Å². The number of pyridine rings is 1. The largest absolute Gasteiger partial charge is 0.490 e. The molecule has 1 atom stereocenters. The van der Waals surface area contributed by atoms with Crippen molar-refractivity contribution in [1.29, 1.82) is 0 Å². The molecule has 21 nitrogen and oxygen atoms in total. The van der Waals surface area contributed by atoms with E-state index < -0.39 is 35.3 Å². The van der Waals surface area contributed by atoms with Gasteiger partial charge in [0.1, 0.15) is 28.4 Å². The summed E-state index contributed by atoms with van der Waals surface area (Å²) in [6.45, 7) is 9.28. The first kappa shape index (κ1) is 45.1. The minimum Gasteiger partial charge on any atom is -0.490 e. The van der Waals surface area contributed by atoms with Crippen LogP contribution in [0, 0.1) is 11.8 Å². The molecule has 1 fully saturated rings. The van der Waals surface area contributed by atoms with Gasteiger partial charge in [-0.1, -0.05) is 12.0 Å². The van der Waals surface area contributed by atoms with Crippen LogP contribution in [-0.4, -0.2) is 135 Å². The number of anilines is 2. The second kappa shape index (κ2) is 20.9.